The van der Waals surface area contributed by atoms with Gasteiger partial charge in [-0.15, -0.1) is 0 Å². The van der Waals surface area contributed by atoms with Crippen molar-refractivity contribution in [3.8, 4) is 44.5 Å². The van der Waals surface area contributed by atoms with Crippen LogP contribution >= 0.6 is 0 Å². The van der Waals surface area contributed by atoms with Gasteiger partial charge in [-0.05, 0) is 125 Å². The van der Waals surface area contributed by atoms with E-state index in [-0.39, 0.29) is 12.8 Å². The summed E-state index contributed by atoms with van der Waals surface area (Å²) in [5.74, 6) is 0. The first-order valence-electron chi connectivity index (χ1n) is 20.0. The highest BCUT2D eigenvalue weighted by Gasteiger charge is 2.53. The van der Waals surface area contributed by atoms with Crippen molar-refractivity contribution in [1.82, 2.24) is 0 Å². The lowest BCUT2D eigenvalue weighted by atomic mass is 9.70. The topological polar surface area (TPSA) is 3.24 Å². The van der Waals surface area contributed by atoms with Crippen molar-refractivity contribution in [3.63, 3.8) is 0 Å². The maximum absolute atomic E-state index is 2.49. The van der Waals surface area contributed by atoms with Gasteiger partial charge in [0.05, 0.1) is 10.8 Å². The van der Waals surface area contributed by atoms with E-state index >= 15 is 0 Å². The van der Waals surface area contributed by atoms with Crippen LogP contribution in [0.2, 0.25) is 0 Å². The molecule has 4 aliphatic rings. The van der Waals surface area contributed by atoms with E-state index in [0.717, 1.165) is 17.1 Å². The minimum atomic E-state index is -0.413. The predicted molar refractivity (Wildman–Crippen MR) is 240 cm³/mol. The van der Waals surface area contributed by atoms with Gasteiger partial charge in [0.1, 0.15) is 0 Å². The molecule has 4 aliphatic carbocycles. The van der Waals surface area contributed by atoms with Crippen LogP contribution in [0.15, 0.2) is 212 Å². The highest BCUT2D eigenvalue weighted by molar-refractivity contribution is 5.98. The average Bonchev–Trinajstić information content (AvgIpc) is 3.96. The molecule has 0 aliphatic heterocycles. The van der Waals surface area contributed by atoms with E-state index in [2.05, 4.69) is 217 Å². The highest BCUT2D eigenvalue weighted by Crippen LogP contribution is 2.65. The molecule has 0 heterocycles. The van der Waals surface area contributed by atoms with E-state index in [1.165, 1.54) is 89.0 Å². The molecule has 0 unspecified atom stereocenters. The molecule has 0 amide bonds. The number of rotatable bonds is 3. The molecule has 1 nitrogen and oxygen atoms in total. The maximum Gasteiger partial charge on any atom is 0.0726 e. The van der Waals surface area contributed by atoms with Crippen molar-refractivity contribution in [3.05, 3.63) is 257 Å². The number of fused-ring (bicyclic) bond motifs is 20. The van der Waals surface area contributed by atoms with Crippen LogP contribution in [0.25, 0.3) is 44.5 Å². The van der Waals surface area contributed by atoms with Gasteiger partial charge >= 0.3 is 0 Å². The Labute approximate surface area is 340 Å². The minimum absolute atomic E-state index is 0. The fourth-order valence-electron chi connectivity index (χ4n) is 11.5. The standard InChI is InChI=1S/C56H35N.CH4/c1-2-16-36(17-3-1)57(37-31-33-53-46(34-37)44-23-9-15-29-52(44)55(53)47-24-10-4-18-39(47)40-19-5-11-25-48(40)55)38-30-32-45-43-22-8-14-28-51(43)56(54(45)35-38)49-26-12-6-20-41(49)42-21-7-13-27-50(42)56;/h1-35H;1H4. The van der Waals surface area contributed by atoms with Crippen LogP contribution in [0.1, 0.15) is 51.9 Å². The van der Waals surface area contributed by atoms with E-state index < -0.39 is 5.41 Å². The lowest BCUT2D eigenvalue weighted by Crippen LogP contribution is -2.26. The largest absolute Gasteiger partial charge is 0.310 e. The molecule has 0 radical (unpaired) electrons. The van der Waals surface area contributed by atoms with E-state index in [4.69, 9.17) is 0 Å². The fourth-order valence-corrected chi connectivity index (χ4v) is 11.5. The number of para-hydroxylation sites is 1. The number of benzene rings is 9. The van der Waals surface area contributed by atoms with Crippen molar-refractivity contribution >= 4 is 17.1 Å². The molecular formula is C57H39N. The summed E-state index contributed by atoms with van der Waals surface area (Å²) in [7, 11) is 0. The lowest BCUT2D eigenvalue weighted by molar-refractivity contribution is 0.793. The summed E-state index contributed by atoms with van der Waals surface area (Å²) in [6.45, 7) is 0. The summed E-state index contributed by atoms with van der Waals surface area (Å²) in [6, 6.07) is 79.7. The monoisotopic (exact) mass is 737 g/mol. The second-order valence-electron chi connectivity index (χ2n) is 15.9. The molecule has 2 spiro atoms. The Bertz CT molecular complexity index is 3040. The van der Waals surface area contributed by atoms with Crippen molar-refractivity contribution < 1.29 is 0 Å². The molecule has 9 aromatic carbocycles. The number of nitrogens with zero attached hydrogens (tertiary/aromatic N) is 1. The SMILES string of the molecule is C.c1ccc(N(c2ccc3c(c2)-c2ccccc2C32c3ccccc3-c3ccccc32)c2ccc3c(c2)C2(c4ccccc4-c4ccccc42)c2ccccc2-3)cc1. The summed E-state index contributed by atoms with van der Waals surface area (Å²) in [5.41, 5.74) is 24.0. The van der Waals surface area contributed by atoms with E-state index in [9.17, 15) is 0 Å². The molecular weight excluding hydrogens is 699 g/mol. The molecule has 0 saturated carbocycles. The van der Waals surface area contributed by atoms with Crippen LogP contribution in [0.5, 0.6) is 0 Å². The molecule has 58 heavy (non-hydrogen) atoms. The first-order chi connectivity index (χ1) is 28.3. The number of anilines is 3. The molecule has 0 bridgehead atoms. The first kappa shape index (κ1) is 33.0. The van der Waals surface area contributed by atoms with Gasteiger partial charge in [0.2, 0.25) is 0 Å². The third kappa shape index (κ3) is 3.91. The van der Waals surface area contributed by atoms with E-state index in [1.807, 2.05) is 0 Å². The Morgan fingerprint density at radius 2 is 0.534 bits per heavy atom. The number of hydrogen-bond acceptors (Lipinski definition) is 1. The van der Waals surface area contributed by atoms with Crippen LogP contribution in [-0.2, 0) is 10.8 Å². The van der Waals surface area contributed by atoms with Crippen LogP contribution in [0.4, 0.5) is 17.1 Å². The van der Waals surface area contributed by atoms with Gasteiger partial charge in [-0.25, -0.2) is 0 Å². The van der Waals surface area contributed by atoms with Gasteiger partial charge in [-0.1, -0.05) is 183 Å². The van der Waals surface area contributed by atoms with Crippen LogP contribution in [-0.4, -0.2) is 0 Å². The zero-order valence-electron chi connectivity index (χ0n) is 31.2. The van der Waals surface area contributed by atoms with Crippen LogP contribution in [0, 0.1) is 0 Å². The second-order valence-corrected chi connectivity index (χ2v) is 15.9. The Morgan fingerprint density at radius 3 is 0.983 bits per heavy atom. The number of hydrogen-bond donors (Lipinski definition) is 0. The minimum Gasteiger partial charge on any atom is -0.310 e. The van der Waals surface area contributed by atoms with Gasteiger partial charge in [0.15, 0.2) is 0 Å². The van der Waals surface area contributed by atoms with Crippen LogP contribution < -0.4 is 4.90 Å². The summed E-state index contributed by atoms with van der Waals surface area (Å²) in [4.78, 5) is 2.47. The quantitative estimate of drug-likeness (QED) is 0.175. The summed E-state index contributed by atoms with van der Waals surface area (Å²) < 4.78 is 0. The molecule has 0 fully saturated rings. The van der Waals surface area contributed by atoms with Crippen molar-refractivity contribution in [2.45, 2.75) is 18.3 Å². The normalized spacial score (nSPS) is 14.3. The Morgan fingerprint density at radius 1 is 0.224 bits per heavy atom. The van der Waals surface area contributed by atoms with E-state index in [0.29, 0.717) is 0 Å². The van der Waals surface area contributed by atoms with Gasteiger partial charge in [0.25, 0.3) is 0 Å². The summed E-state index contributed by atoms with van der Waals surface area (Å²) >= 11 is 0. The zero-order chi connectivity index (χ0) is 37.3. The Kier molecular flexibility index (Phi) is 6.76. The van der Waals surface area contributed by atoms with E-state index in [1.54, 1.807) is 0 Å². The third-order valence-electron chi connectivity index (χ3n) is 13.5. The zero-order valence-corrected chi connectivity index (χ0v) is 31.2. The Hall–Kier alpha value is -7.22. The van der Waals surface area contributed by atoms with Crippen molar-refractivity contribution in [2.75, 3.05) is 4.90 Å². The highest BCUT2D eigenvalue weighted by atomic mass is 15.1. The predicted octanol–water partition coefficient (Wildman–Crippen LogP) is 14.5. The fraction of sp³-hybridized carbons (Fsp3) is 0.0526. The van der Waals surface area contributed by atoms with Crippen LogP contribution in [0.3, 0.4) is 0 Å². The molecule has 0 aromatic heterocycles. The third-order valence-corrected chi connectivity index (χ3v) is 13.5. The molecule has 272 valence electrons. The summed E-state index contributed by atoms with van der Waals surface area (Å²) in [5, 5.41) is 0. The van der Waals surface area contributed by atoms with Gasteiger partial charge < -0.3 is 4.90 Å². The van der Waals surface area contributed by atoms with Gasteiger partial charge in [-0.2, -0.15) is 0 Å². The molecule has 13 rings (SSSR count). The first-order valence-corrected chi connectivity index (χ1v) is 20.0. The Balaban J connectivity index is 0.00000366. The maximum atomic E-state index is 2.49. The summed E-state index contributed by atoms with van der Waals surface area (Å²) in [6.07, 6.45) is 0. The average molecular weight is 738 g/mol. The molecule has 9 aromatic rings. The van der Waals surface area contributed by atoms with Crippen molar-refractivity contribution in [2.24, 2.45) is 0 Å². The smallest absolute Gasteiger partial charge is 0.0726 e. The molecule has 0 saturated heterocycles. The van der Waals surface area contributed by atoms with Gasteiger partial charge in [0, 0.05) is 17.1 Å². The van der Waals surface area contributed by atoms with Crippen molar-refractivity contribution in [1.29, 1.82) is 0 Å². The lowest BCUT2D eigenvalue weighted by Gasteiger charge is -2.32. The molecule has 0 N–H and O–H groups in total. The van der Waals surface area contributed by atoms with Gasteiger partial charge in [-0.3, -0.25) is 0 Å². The molecule has 0 atom stereocenters. The molecule has 1 heteroatoms. The second kappa shape index (κ2) is 11.9.